The highest BCUT2D eigenvalue weighted by Gasteiger charge is 2.07. The van der Waals surface area contributed by atoms with E-state index in [-0.39, 0.29) is 5.91 Å². The van der Waals surface area contributed by atoms with Crippen molar-refractivity contribution in [3.8, 4) is 0 Å². The first kappa shape index (κ1) is 16.5. The average molecular weight is 312 g/mol. The Kier molecular flexibility index (Phi) is 5.74. The van der Waals surface area contributed by atoms with Gasteiger partial charge in [0.25, 0.3) is 5.91 Å². The zero-order valence-corrected chi connectivity index (χ0v) is 13.3. The van der Waals surface area contributed by atoms with Gasteiger partial charge in [0.1, 0.15) is 0 Å². The molecule has 0 atom stereocenters. The third kappa shape index (κ3) is 4.85. The first-order valence-corrected chi connectivity index (χ1v) is 7.56. The number of ether oxygens (including phenoxy) is 1. The number of hydrogen-bond acceptors (Lipinski definition) is 3. The SMILES string of the molecule is CCOC(=O)Nc1ccc(C(=O)Nc2ccc(CC)cc2)cc1. The molecule has 5 nitrogen and oxygen atoms in total. The number of amides is 2. The van der Waals surface area contributed by atoms with Gasteiger partial charge in [-0.05, 0) is 55.3 Å². The summed E-state index contributed by atoms with van der Waals surface area (Å²) in [5.41, 5.74) is 3.06. The van der Waals surface area contributed by atoms with Crippen molar-refractivity contribution in [1.82, 2.24) is 0 Å². The Bertz CT molecular complexity index is 664. The third-order valence-electron chi connectivity index (χ3n) is 3.29. The summed E-state index contributed by atoms with van der Waals surface area (Å²) in [5, 5.41) is 5.42. The Hall–Kier alpha value is -2.82. The van der Waals surface area contributed by atoms with Crippen LogP contribution >= 0.6 is 0 Å². The van der Waals surface area contributed by atoms with E-state index in [0.717, 1.165) is 12.1 Å². The molecule has 5 heteroatoms. The molecule has 0 aromatic heterocycles. The molecular formula is C18H20N2O3. The van der Waals surface area contributed by atoms with E-state index in [4.69, 9.17) is 4.74 Å². The highest BCUT2D eigenvalue weighted by molar-refractivity contribution is 6.04. The summed E-state index contributed by atoms with van der Waals surface area (Å²) in [5.74, 6) is -0.197. The molecule has 23 heavy (non-hydrogen) atoms. The van der Waals surface area contributed by atoms with Crippen LogP contribution in [0.15, 0.2) is 48.5 Å². The van der Waals surface area contributed by atoms with Gasteiger partial charge in [-0.15, -0.1) is 0 Å². The van der Waals surface area contributed by atoms with Gasteiger partial charge in [-0.1, -0.05) is 19.1 Å². The number of hydrogen-bond donors (Lipinski definition) is 2. The summed E-state index contributed by atoms with van der Waals surface area (Å²) in [7, 11) is 0. The summed E-state index contributed by atoms with van der Waals surface area (Å²) in [6.07, 6.45) is 0.448. The second-order valence-electron chi connectivity index (χ2n) is 4.93. The Balaban J connectivity index is 1.97. The van der Waals surface area contributed by atoms with Gasteiger partial charge in [0, 0.05) is 16.9 Å². The van der Waals surface area contributed by atoms with Gasteiger partial charge in [0.05, 0.1) is 6.61 Å². The van der Waals surface area contributed by atoms with Crippen molar-refractivity contribution in [2.45, 2.75) is 20.3 Å². The van der Waals surface area contributed by atoms with Gasteiger partial charge >= 0.3 is 6.09 Å². The van der Waals surface area contributed by atoms with Crippen LogP contribution < -0.4 is 10.6 Å². The minimum absolute atomic E-state index is 0.197. The molecule has 2 aromatic rings. The molecule has 0 bridgehead atoms. The molecule has 0 saturated heterocycles. The van der Waals surface area contributed by atoms with Crippen molar-refractivity contribution >= 4 is 23.4 Å². The summed E-state index contributed by atoms with van der Waals surface area (Å²) in [6.45, 7) is 4.13. The van der Waals surface area contributed by atoms with Crippen molar-refractivity contribution in [1.29, 1.82) is 0 Å². The van der Waals surface area contributed by atoms with Crippen LogP contribution in [0.2, 0.25) is 0 Å². The molecule has 120 valence electrons. The lowest BCUT2D eigenvalue weighted by atomic mass is 10.1. The van der Waals surface area contributed by atoms with Crippen LogP contribution in [-0.4, -0.2) is 18.6 Å². The number of rotatable bonds is 5. The molecule has 0 aliphatic heterocycles. The quantitative estimate of drug-likeness (QED) is 0.874. The monoisotopic (exact) mass is 312 g/mol. The zero-order valence-electron chi connectivity index (χ0n) is 13.3. The van der Waals surface area contributed by atoms with Crippen molar-refractivity contribution in [2.24, 2.45) is 0 Å². The fourth-order valence-corrected chi connectivity index (χ4v) is 2.02. The smallest absolute Gasteiger partial charge is 0.411 e. The highest BCUT2D eigenvalue weighted by Crippen LogP contribution is 2.14. The Labute approximate surface area is 135 Å². The van der Waals surface area contributed by atoms with Crippen LogP contribution in [0.4, 0.5) is 16.2 Å². The normalized spacial score (nSPS) is 10.0. The van der Waals surface area contributed by atoms with Crippen molar-refractivity contribution in [3.05, 3.63) is 59.7 Å². The van der Waals surface area contributed by atoms with Gasteiger partial charge < -0.3 is 10.1 Å². The predicted octanol–water partition coefficient (Wildman–Crippen LogP) is 4.07. The molecule has 2 amide bonds. The first-order chi connectivity index (χ1) is 11.1. The number of carbonyl (C=O) groups is 2. The number of carbonyl (C=O) groups excluding carboxylic acids is 2. The standard InChI is InChI=1S/C18H20N2O3/c1-3-13-5-9-15(10-6-13)19-17(21)14-7-11-16(12-8-14)20-18(22)23-4-2/h5-12H,3-4H2,1-2H3,(H,19,21)(H,20,22). The predicted molar refractivity (Wildman–Crippen MR) is 90.9 cm³/mol. The minimum atomic E-state index is -0.513. The minimum Gasteiger partial charge on any atom is -0.450 e. The number of nitrogens with one attached hydrogen (secondary N) is 2. The maximum Gasteiger partial charge on any atom is 0.411 e. The number of aryl methyl sites for hydroxylation is 1. The Morgan fingerprint density at radius 1 is 0.870 bits per heavy atom. The van der Waals surface area contributed by atoms with E-state index < -0.39 is 6.09 Å². The maximum absolute atomic E-state index is 12.2. The van der Waals surface area contributed by atoms with E-state index in [1.165, 1.54) is 5.56 Å². The van der Waals surface area contributed by atoms with Gasteiger partial charge in [0.15, 0.2) is 0 Å². The molecule has 0 aliphatic rings. The van der Waals surface area contributed by atoms with Crippen LogP contribution in [0.25, 0.3) is 0 Å². The van der Waals surface area contributed by atoms with Crippen molar-refractivity contribution in [3.63, 3.8) is 0 Å². The molecule has 0 saturated carbocycles. The van der Waals surface area contributed by atoms with Crippen LogP contribution in [0.5, 0.6) is 0 Å². The van der Waals surface area contributed by atoms with Crippen molar-refractivity contribution in [2.75, 3.05) is 17.2 Å². The first-order valence-electron chi connectivity index (χ1n) is 7.56. The Morgan fingerprint density at radius 3 is 2.00 bits per heavy atom. The fraction of sp³-hybridized carbons (Fsp3) is 0.222. The summed E-state index contributed by atoms with van der Waals surface area (Å²) in [4.78, 5) is 23.5. The largest absolute Gasteiger partial charge is 0.450 e. The topological polar surface area (TPSA) is 67.4 Å². The molecular weight excluding hydrogens is 292 g/mol. The molecule has 2 aromatic carbocycles. The molecule has 2 rings (SSSR count). The highest BCUT2D eigenvalue weighted by atomic mass is 16.5. The third-order valence-corrected chi connectivity index (χ3v) is 3.29. The summed E-state index contributed by atoms with van der Waals surface area (Å²) in [6, 6.07) is 14.4. The van der Waals surface area contributed by atoms with E-state index in [1.807, 2.05) is 24.3 Å². The number of benzene rings is 2. The van der Waals surface area contributed by atoms with Crippen LogP contribution in [-0.2, 0) is 11.2 Å². The fourth-order valence-electron chi connectivity index (χ4n) is 2.02. The van der Waals surface area contributed by atoms with E-state index in [0.29, 0.717) is 17.9 Å². The second kappa shape index (κ2) is 7.98. The second-order valence-corrected chi connectivity index (χ2v) is 4.93. The molecule has 0 unspecified atom stereocenters. The van der Waals surface area contributed by atoms with E-state index in [2.05, 4.69) is 17.6 Å². The summed E-state index contributed by atoms with van der Waals surface area (Å²) < 4.78 is 4.79. The molecule has 0 fully saturated rings. The number of anilines is 2. The molecule has 0 spiro atoms. The lowest BCUT2D eigenvalue weighted by Gasteiger charge is -2.08. The van der Waals surface area contributed by atoms with Gasteiger partial charge in [-0.25, -0.2) is 4.79 Å². The molecule has 0 heterocycles. The lowest BCUT2D eigenvalue weighted by molar-refractivity contribution is 0.102. The van der Waals surface area contributed by atoms with E-state index in [9.17, 15) is 9.59 Å². The molecule has 0 aliphatic carbocycles. The average Bonchev–Trinajstić information content (AvgIpc) is 2.56. The van der Waals surface area contributed by atoms with E-state index >= 15 is 0 Å². The van der Waals surface area contributed by atoms with E-state index in [1.54, 1.807) is 31.2 Å². The summed E-state index contributed by atoms with van der Waals surface area (Å²) >= 11 is 0. The van der Waals surface area contributed by atoms with Crippen LogP contribution in [0.1, 0.15) is 29.8 Å². The van der Waals surface area contributed by atoms with Gasteiger partial charge in [-0.2, -0.15) is 0 Å². The van der Waals surface area contributed by atoms with Gasteiger partial charge in [-0.3, -0.25) is 10.1 Å². The van der Waals surface area contributed by atoms with Crippen LogP contribution in [0.3, 0.4) is 0 Å². The van der Waals surface area contributed by atoms with Crippen molar-refractivity contribution < 1.29 is 14.3 Å². The zero-order chi connectivity index (χ0) is 16.7. The van der Waals surface area contributed by atoms with Gasteiger partial charge in [0.2, 0.25) is 0 Å². The van der Waals surface area contributed by atoms with Crippen LogP contribution in [0, 0.1) is 0 Å². The molecule has 2 N–H and O–H groups in total. The maximum atomic E-state index is 12.2. The Morgan fingerprint density at radius 2 is 1.43 bits per heavy atom. The molecule has 0 radical (unpaired) electrons. The lowest BCUT2D eigenvalue weighted by Crippen LogP contribution is -2.14.